The number of benzene rings is 1. The molecule has 0 saturated carbocycles. The summed E-state index contributed by atoms with van der Waals surface area (Å²) in [6.07, 6.45) is 0. The van der Waals surface area contributed by atoms with E-state index in [1.54, 1.807) is 25.9 Å². The Morgan fingerprint density at radius 3 is 2.35 bits per heavy atom. The Balaban J connectivity index is 2.18. The summed E-state index contributed by atoms with van der Waals surface area (Å²) in [6, 6.07) is 9.15. The van der Waals surface area contributed by atoms with Gasteiger partial charge in [0.05, 0.1) is 7.11 Å². The van der Waals surface area contributed by atoms with Crippen LogP contribution in [0.25, 0.3) is 0 Å². The van der Waals surface area contributed by atoms with Gasteiger partial charge in [-0.25, -0.2) is 4.79 Å². The van der Waals surface area contributed by atoms with E-state index < -0.39 is 0 Å². The van der Waals surface area contributed by atoms with Crippen molar-refractivity contribution in [3.63, 3.8) is 0 Å². The molecule has 0 aliphatic rings. The van der Waals surface area contributed by atoms with Crippen LogP contribution in [0.3, 0.4) is 0 Å². The topological polar surface area (TPSA) is 53.2 Å². The molecule has 0 spiro atoms. The number of hydrogen-bond donors (Lipinski definition) is 0. The van der Waals surface area contributed by atoms with Gasteiger partial charge >= 0.3 is 5.69 Å². The first-order chi connectivity index (χ1) is 9.52. The number of methoxy groups -OCH3 is 1. The van der Waals surface area contributed by atoms with E-state index in [1.807, 2.05) is 24.3 Å². The first-order valence-electron chi connectivity index (χ1n) is 6.05. The Kier molecular flexibility index (Phi) is 4.34. The van der Waals surface area contributed by atoms with Crippen LogP contribution in [0.4, 0.5) is 0 Å². The molecule has 1 aromatic heterocycles. The Morgan fingerprint density at radius 2 is 1.75 bits per heavy atom. The van der Waals surface area contributed by atoms with Crippen molar-refractivity contribution in [3.8, 4) is 5.75 Å². The molecule has 0 saturated heterocycles. The monoisotopic (exact) mass is 292 g/mol. The summed E-state index contributed by atoms with van der Waals surface area (Å²) in [5.41, 5.74) is 0.125. The number of thioether (sulfide) groups is 1. The van der Waals surface area contributed by atoms with Crippen LogP contribution in [0, 0.1) is 0 Å². The third-order valence-electron chi connectivity index (χ3n) is 3.07. The van der Waals surface area contributed by atoms with Gasteiger partial charge in [-0.05, 0) is 24.3 Å². The number of ether oxygens (including phenoxy) is 1. The van der Waals surface area contributed by atoms with Crippen molar-refractivity contribution in [3.05, 3.63) is 56.9 Å². The molecule has 0 bridgehead atoms. The van der Waals surface area contributed by atoms with Gasteiger partial charge < -0.3 is 4.74 Å². The van der Waals surface area contributed by atoms with E-state index in [2.05, 4.69) is 0 Å². The van der Waals surface area contributed by atoms with Crippen molar-refractivity contribution in [1.82, 2.24) is 9.13 Å². The van der Waals surface area contributed by atoms with E-state index >= 15 is 0 Å². The Hall–Kier alpha value is -1.95. The molecule has 20 heavy (non-hydrogen) atoms. The summed E-state index contributed by atoms with van der Waals surface area (Å²) in [7, 11) is 4.77. The minimum absolute atomic E-state index is 0.279. The SMILES string of the molecule is COc1ccc(SCc2cc(=O)n(C)c(=O)n2C)cc1. The van der Waals surface area contributed by atoms with Gasteiger partial charge in [0.1, 0.15) is 5.75 Å². The lowest BCUT2D eigenvalue weighted by Crippen LogP contribution is -2.37. The van der Waals surface area contributed by atoms with Crippen molar-refractivity contribution in [1.29, 1.82) is 0 Å². The molecule has 2 rings (SSSR count). The second-order valence-electron chi connectivity index (χ2n) is 4.34. The zero-order valence-electron chi connectivity index (χ0n) is 11.6. The Bertz CT molecular complexity index is 717. The van der Waals surface area contributed by atoms with E-state index in [0.717, 1.165) is 15.2 Å². The molecule has 0 aliphatic heterocycles. The van der Waals surface area contributed by atoms with Gasteiger partial charge in [-0.2, -0.15) is 0 Å². The highest BCUT2D eigenvalue weighted by atomic mass is 32.2. The quantitative estimate of drug-likeness (QED) is 0.799. The summed E-state index contributed by atoms with van der Waals surface area (Å²) in [5, 5.41) is 0. The number of nitrogens with zero attached hydrogens (tertiary/aromatic N) is 2. The van der Waals surface area contributed by atoms with Crippen LogP contribution in [0.2, 0.25) is 0 Å². The molecule has 106 valence electrons. The normalized spacial score (nSPS) is 10.6. The number of rotatable bonds is 4. The van der Waals surface area contributed by atoms with Crippen LogP contribution < -0.4 is 16.0 Å². The van der Waals surface area contributed by atoms with Crippen molar-refractivity contribution in [2.75, 3.05) is 7.11 Å². The average molecular weight is 292 g/mol. The fourth-order valence-electron chi connectivity index (χ4n) is 1.75. The summed E-state index contributed by atoms with van der Waals surface area (Å²) in [4.78, 5) is 24.5. The van der Waals surface area contributed by atoms with Gasteiger partial charge in [0.25, 0.3) is 5.56 Å². The highest BCUT2D eigenvalue weighted by Crippen LogP contribution is 2.23. The maximum absolute atomic E-state index is 11.8. The van der Waals surface area contributed by atoms with E-state index in [-0.39, 0.29) is 11.2 Å². The Morgan fingerprint density at radius 1 is 1.10 bits per heavy atom. The minimum Gasteiger partial charge on any atom is -0.497 e. The van der Waals surface area contributed by atoms with E-state index in [4.69, 9.17) is 4.74 Å². The van der Waals surface area contributed by atoms with Gasteiger partial charge in [0.15, 0.2) is 0 Å². The smallest absolute Gasteiger partial charge is 0.330 e. The molecular weight excluding hydrogens is 276 g/mol. The first kappa shape index (κ1) is 14.5. The summed E-state index contributed by atoms with van der Waals surface area (Å²) in [5.74, 6) is 1.36. The van der Waals surface area contributed by atoms with Crippen LogP contribution in [0.5, 0.6) is 5.75 Å². The zero-order chi connectivity index (χ0) is 14.7. The number of hydrogen-bond acceptors (Lipinski definition) is 4. The second kappa shape index (κ2) is 6.00. The second-order valence-corrected chi connectivity index (χ2v) is 5.39. The van der Waals surface area contributed by atoms with Crippen molar-refractivity contribution in [2.45, 2.75) is 10.6 Å². The van der Waals surface area contributed by atoms with Crippen LogP contribution in [0.1, 0.15) is 5.69 Å². The maximum Gasteiger partial charge on any atom is 0.330 e. The summed E-state index contributed by atoms with van der Waals surface area (Å²) >= 11 is 1.57. The largest absolute Gasteiger partial charge is 0.497 e. The molecule has 0 aliphatic carbocycles. The summed E-state index contributed by atoms with van der Waals surface area (Å²) < 4.78 is 7.69. The predicted molar refractivity (Wildman–Crippen MR) is 79.5 cm³/mol. The Labute approximate surface area is 120 Å². The highest BCUT2D eigenvalue weighted by Gasteiger charge is 2.06. The molecule has 5 nitrogen and oxygen atoms in total. The van der Waals surface area contributed by atoms with Gasteiger partial charge in [-0.1, -0.05) is 0 Å². The summed E-state index contributed by atoms with van der Waals surface area (Å²) in [6.45, 7) is 0. The van der Waals surface area contributed by atoms with Crippen molar-refractivity contribution in [2.24, 2.45) is 14.1 Å². The lowest BCUT2D eigenvalue weighted by Gasteiger charge is -2.09. The van der Waals surface area contributed by atoms with E-state index in [0.29, 0.717) is 11.4 Å². The third-order valence-corrected chi connectivity index (χ3v) is 4.12. The van der Waals surface area contributed by atoms with Crippen LogP contribution in [-0.4, -0.2) is 16.2 Å². The minimum atomic E-state index is -0.303. The maximum atomic E-state index is 11.8. The standard InChI is InChI=1S/C14H16N2O3S/c1-15-10(8-13(17)16(2)14(15)18)9-20-12-6-4-11(19-3)5-7-12/h4-8H,9H2,1-3H3. The third kappa shape index (κ3) is 2.96. The molecular formula is C14H16N2O3S. The van der Waals surface area contributed by atoms with E-state index in [9.17, 15) is 9.59 Å². The first-order valence-corrected chi connectivity index (χ1v) is 7.04. The molecule has 0 amide bonds. The zero-order valence-corrected chi connectivity index (χ0v) is 12.4. The fourth-order valence-corrected chi connectivity index (χ4v) is 2.67. The van der Waals surface area contributed by atoms with Crippen molar-refractivity contribution >= 4 is 11.8 Å². The van der Waals surface area contributed by atoms with Crippen LogP contribution >= 0.6 is 11.8 Å². The average Bonchev–Trinajstić information content (AvgIpc) is 2.48. The molecule has 6 heteroatoms. The molecule has 0 N–H and O–H groups in total. The molecule has 0 fully saturated rings. The van der Waals surface area contributed by atoms with E-state index in [1.165, 1.54) is 17.7 Å². The van der Waals surface area contributed by atoms with Gasteiger partial charge in [0, 0.05) is 36.5 Å². The molecule has 1 aromatic carbocycles. The number of aromatic nitrogens is 2. The lowest BCUT2D eigenvalue weighted by atomic mass is 10.3. The predicted octanol–water partition coefficient (Wildman–Crippen LogP) is 1.38. The molecule has 0 unspecified atom stereocenters. The molecule has 0 radical (unpaired) electrons. The van der Waals surface area contributed by atoms with Crippen LogP contribution in [0.15, 0.2) is 44.8 Å². The molecule has 0 atom stereocenters. The van der Waals surface area contributed by atoms with Gasteiger partial charge in [0.2, 0.25) is 0 Å². The van der Waals surface area contributed by atoms with Gasteiger partial charge in [-0.3, -0.25) is 13.9 Å². The van der Waals surface area contributed by atoms with Crippen LogP contribution in [-0.2, 0) is 19.8 Å². The fraction of sp³-hybridized carbons (Fsp3) is 0.286. The molecule has 1 heterocycles. The molecule has 2 aromatic rings. The van der Waals surface area contributed by atoms with Crippen molar-refractivity contribution < 1.29 is 4.74 Å². The van der Waals surface area contributed by atoms with Gasteiger partial charge in [-0.15, -0.1) is 11.8 Å². The highest BCUT2D eigenvalue weighted by molar-refractivity contribution is 7.98. The lowest BCUT2D eigenvalue weighted by molar-refractivity contribution is 0.414.